The maximum absolute atomic E-state index is 12.9. The van der Waals surface area contributed by atoms with Gasteiger partial charge in [0.1, 0.15) is 21.6 Å². The maximum atomic E-state index is 12.9. The Bertz CT molecular complexity index is 1220. The second-order valence-electron chi connectivity index (χ2n) is 7.14. The smallest absolute Gasteiger partial charge is 0.262 e. The van der Waals surface area contributed by atoms with E-state index in [1.165, 1.54) is 0 Å². The summed E-state index contributed by atoms with van der Waals surface area (Å²) in [5, 5.41) is 3.95. The highest BCUT2D eigenvalue weighted by atomic mass is 32.2. The fourth-order valence-electron chi connectivity index (χ4n) is 3.41. The number of carbonyl (C=O) groups is 2. The van der Waals surface area contributed by atoms with Crippen molar-refractivity contribution in [1.29, 1.82) is 0 Å². The monoisotopic (exact) mass is 441 g/mol. The molecule has 4 rings (SSSR count). The van der Waals surface area contributed by atoms with E-state index in [9.17, 15) is 18.0 Å². The summed E-state index contributed by atoms with van der Waals surface area (Å²) in [6, 6.07) is 12.4. The predicted molar refractivity (Wildman–Crippen MR) is 110 cm³/mol. The zero-order valence-corrected chi connectivity index (χ0v) is 17.6. The quantitative estimate of drug-likeness (QED) is 0.513. The molecule has 9 nitrogen and oxygen atoms in total. The van der Waals surface area contributed by atoms with Crippen molar-refractivity contribution in [3.8, 4) is 17.1 Å². The van der Waals surface area contributed by atoms with Crippen LogP contribution in [0.4, 0.5) is 0 Å². The van der Waals surface area contributed by atoms with Crippen molar-refractivity contribution in [3.05, 3.63) is 65.5 Å². The summed E-state index contributed by atoms with van der Waals surface area (Å²) in [7, 11) is -1.81. The summed E-state index contributed by atoms with van der Waals surface area (Å²) in [5.41, 5.74) is 1.15. The first-order valence-corrected chi connectivity index (χ1v) is 11.5. The van der Waals surface area contributed by atoms with Crippen molar-refractivity contribution < 1.29 is 27.3 Å². The average molecular weight is 441 g/mol. The topological polar surface area (TPSA) is 120 Å². The van der Waals surface area contributed by atoms with Crippen molar-refractivity contribution in [2.24, 2.45) is 0 Å². The maximum Gasteiger partial charge on any atom is 0.262 e. The molecule has 0 saturated carbocycles. The van der Waals surface area contributed by atoms with Crippen LogP contribution in [0.25, 0.3) is 11.4 Å². The normalized spacial score (nSPS) is 14.6. The molecule has 1 aliphatic rings. The third-order valence-electron chi connectivity index (χ3n) is 4.97. The second kappa shape index (κ2) is 7.95. The summed E-state index contributed by atoms with van der Waals surface area (Å²) in [6.45, 7) is 0. The van der Waals surface area contributed by atoms with E-state index in [1.54, 1.807) is 55.6 Å². The number of hydrogen-bond acceptors (Lipinski definition) is 8. The summed E-state index contributed by atoms with van der Waals surface area (Å²) < 4.78 is 34.1. The van der Waals surface area contributed by atoms with Gasteiger partial charge >= 0.3 is 0 Å². The van der Waals surface area contributed by atoms with Crippen molar-refractivity contribution in [3.63, 3.8) is 0 Å². The number of fused-ring (bicyclic) bond motifs is 1. The molecule has 0 bridgehead atoms. The molecule has 1 atom stereocenters. The molecule has 0 N–H and O–H groups in total. The molecular weight excluding hydrogens is 422 g/mol. The molecule has 31 heavy (non-hydrogen) atoms. The highest BCUT2D eigenvalue weighted by Gasteiger charge is 2.42. The largest absolute Gasteiger partial charge is 0.497 e. The Balaban J connectivity index is 1.70. The Morgan fingerprint density at radius 3 is 2.19 bits per heavy atom. The third kappa shape index (κ3) is 4.06. The summed E-state index contributed by atoms with van der Waals surface area (Å²) >= 11 is 0. The first-order valence-electron chi connectivity index (χ1n) is 9.41. The minimum Gasteiger partial charge on any atom is -0.497 e. The lowest BCUT2D eigenvalue weighted by Gasteiger charge is -2.22. The van der Waals surface area contributed by atoms with Crippen LogP contribution in [-0.2, 0) is 9.84 Å². The molecular formula is C21H19N3O6S. The van der Waals surface area contributed by atoms with E-state index in [4.69, 9.17) is 9.26 Å². The van der Waals surface area contributed by atoms with Gasteiger partial charge in [-0.1, -0.05) is 17.3 Å². The van der Waals surface area contributed by atoms with Crippen LogP contribution in [-0.4, -0.2) is 54.4 Å². The number of imide groups is 1. The van der Waals surface area contributed by atoms with Gasteiger partial charge in [-0.05, 0) is 42.8 Å². The first kappa shape index (κ1) is 20.7. The molecule has 0 fully saturated rings. The van der Waals surface area contributed by atoms with E-state index >= 15 is 0 Å². The van der Waals surface area contributed by atoms with Gasteiger partial charge < -0.3 is 9.26 Å². The molecule has 0 radical (unpaired) electrons. The van der Waals surface area contributed by atoms with Gasteiger partial charge in [-0.15, -0.1) is 0 Å². The fraction of sp³-hybridized carbons (Fsp3) is 0.238. The number of methoxy groups -OCH3 is 1. The van der Waals surface area contributed by atoms with Crippen molar-refractivity contribution in [2.45, 2.75) is 12.5 Å². The molecule has 2 heterocycles. The lowest BCUT2D eigenvalue weighted by Crippen LogP contribution is -2.35. The number of aromatic nitrogens is 2. The Labute approximate surface area is 178 Å². The summed E-state index contributed by atoms with van der Waals surface area (Å²) in [4.78, 5) is 31.2. The first-order chi connectivity index (χ1) is 14.8. The highest BCUT2D eigenvalue weighted by molar-refractivity contribution is 7.90. The van der Waals surface area contributed by atoms with E-state index in [1.807, 2.05) is 0 Å². The van der Waals surface area contributed by atoms with Crippen LogP contribution < -0.4 is 4.74 Å². The van der Waals surface area contributed by atoms with Gasteiger partial charge in [0.15, 0.2) is 0 Å². The standard InChI is InChI=1S/C21H19N3O6S/c1-29-14-9-7-13(8-10-14)18-22-19(30-23-18)17(11-12-31(2,27)28)24-20(25)15-5-3-4-6-16(15)21(24)26/h3-10,17H,11-12H2,1-2H3. The SMILES string of the molecule is COc1ccc(-c2noc(C(CCS(C)(=O)=O)N3C(=O)c4ccccc4C3=O)n2)cc1. The van der Waals surface area contributed by atoms with Crippen LogP contribution in [0.3, 0.4) is 0 Å². The van der Waals surface area contributed by atoms with E-state index < -0.39 is 27.7 Å². The number of amides is 2. The predicted octanol–water partition coefficient (Wildman–Crippen LogP) is 2.52. The summed E-state index contributed by atoms with van der Waals surface area (Å²) in [5.74, 6) is -0.413. The third-order valence-corrected chi connectivity index (χ3v) is 5.95. The van der Waals surface area contributed by atoms with Crippen molar-refractivity contribution in [1.82, 2.24) is 15.0 Å². The van der Waals surface area contributed by atoms with Gasteiger partial charge in [-0.2, -0.15) is 4.98 Å². The van der Waals surface area contributed by atoms with Crippen LogP contribution in [0, 0.1) is 0 Å². The second-order valence-corrected chi connectivity index (χ2v) is 9.40. The van der Waals surface area contributed by atoms with Crippen LogP contribution in [0.15, 0.2) is 53.1 Å². The Morgan fingerprint density at radius 2 is 1.65 bits per heavy atom. The van der Waals surface area contributed by atoms with E-state index in [0.29, 0.717) is 11.3 Å². The molecule has 3 aromatic rings. The minimum atomic E-state index is -3.37. The van der Waals surface area contributed by atoms with Crippen LogP contribution in [0.1, 0.15) is 39.1 Å². The van der Waals surface area contributed by atoms with Gasteiger partial charge in [0.05, 0.1) is 24.0 Å². The molecule has 1 aliphatic heterocycles. The van der Waals surface area contributed by atoms with Crippen LogP contribution in [0.2, 0.25) is 0 Å². The molecule has 2 amide bonds. The fourth-order valence-corrected chi connectivity index (χ4v) is 4.06. The Morgan fingerprint density at radius 1 is 1.03 bits per heavy atom. The molecule has 0 spiro atoms. The number of nitrogens with zero attached hydrogens (tertiary/aromatic N) is 3. The number of rotatable bonds is 7. The minimum absolute atomic E-state index is 0.0102. The van der Waals surface area contributed by atoms with Crippen molar-refractivity contribution in [2.75, 3.05) is 19.1 Å². The number of benzene rings is 2. The number of ether oxygens (including phenoxy) is 1. The van der Waals surface area contributed by atoms with Gasteiger partial charge in [0.25, 0.3) is 11.8 Å². The zero-order valence-electron chi connectivity index (χ0n) is 16.8. The lowest BCUT2D eigenvalue weighted by molar-refractivity contribution is 0.0547. The van der Waals surface area contributed by atoms with Gasteiger partial charge in [-0.3, -0.25) is 14.5 Å². The van der Waals surface area contributed by atoms with Crippen molar-refractivity contribution >= 4 is 21.7 Å². The molecule has 160 valence electrons. The Hall–Kier alpha value is -3.53. The molecule has 0 aliphatic carbocycles. The van der Waals surface area contributed by atoms with Crippen LogP contribution in [0.5, 0.6) is 5.75 Å². The molecule has 10 heteroatoms. The number of hydrogen-bond donors (Lipinski definition) is 0. The molecule has 1 aromatic heterocycles. The molecule has 0 saturated heterocycles. The molecule has 2 aromatic carbocycles. The Kier molecular flexibility index (Phi) is 5.32. The van der Waals surface area contributed by atoms with Gasteiger partial charge in [0.2, 0.25) is 11.7 Å². The summed E-state index contributed by atoms with van der Waals surface area (Å²) in [6.07, 6.45) is 1.03. The van der Waals surface area contributed by atoms with E-state index in [0.717, 1.165) is 11.2 Å². The highest BCUT2D eigenvalue weighted by Crippen LogP contribution is 2.34. The van der Waals surface area contributed by atoms with E-state index in [2.05, 4.69) is 10.1 Å². The van der Waals surface area contributed by atoms with Gasteiger partial charge in [0, 0.05) is 11.8 Å². The van der Waals surface area contributed by atoms with Crippen LogP contribution >= 0.6 is 0 Å². The number of sulfone groups is 1. The van der Waals surface area contributed by atoms with E-state index in [-0.39, 0.29) is 35.0 Å². The molecule has 1 unspecified atom stereocenters. The zero-order chi connectivity index (χ0) is 22.2. The number of carbonyl (C=O) groups excluding carboxylic acids is 2. The van der Waals surface area contributed by atoms with Gasteiger partial charge in [-0.25, -0.2) is 8.42 Å². The average Bonchev–Trinajstić information content (AvgIpc) is 3.33. The lowest BCUT2D eigenvalue weighted by atomic mass is 10.1.